The summed E-state index contributed by atoms with van der Waals surface area (Å²) in [5.41, 5.74) is 6.32. The molecule has 2 rings (SSSR count). The van der Waals surface area contributed by atoms with E-state index in [2.05, 4.69) is 10.3 Å². The minimum atomic E-state index is -0.943. The second-order valence-electron chi connectivity index (χ2n) is 4.82. The highest BCUT2D eigenvalue weighted by atomic mass is 16.2. The number of aromatic nitrogens is 1. The van der Waals surface area contributed by atoms with Crippen molar-refractivity contribution in [3.05, 3.63) is 36.0 Å². The number of carbonyl (C=O) groups excluding carboxylic acids is 2. The number of fused-ring (bicyclic) bond motifs is 1. The number of aldehydes is 1. The molecule has 0 fully saturated rings. The van der Waals surface area contributed by atoms with Crippen molar-refractivity contribution in [1.82, 2.24) is 10.3 Å². The van der Waals surface area contributed by atoms with Crippen LogP contribution in [0.5, 0.6) is 0 Å². The number of hydrogen-bond donors (Lipinski definition) is 3. The van der Waals surface area contributed by atoms with Crippen molar-refractivity contribution in [2.45, 2.75) is 18.9 Å². The Morgan fingerprint density at radius 2 is 2.21 bits per heavy atom. The molecule has 19 heavy (non-hydrogen) atoms. The molecule has 1 atom stereocenters. The molecule has 0 spiro atoms. The van der Waals surface area contributed by atoms with E-state index in [4.69, 9.17) is 5.73 Å². The molecule has 5 heteroatoms. The van der Waals surface area contributed by atoms with Gasteiger partial charge in [-0.2, -0.15) is 0 Å². The molecule has 1 amide bonds. The molecule has 2 aromatic rings. The first kappa shape index (κ1) is 13.3. The van der Waals surface area contributed by atoms with Crippen molar-refractivity contribution in [3.8, 4) is 0 Å². The lowest BCUT2D eigenvalue weighted by Crippen LogP contribution is -2.51. The van der Waals surface area contributed by atoms with E-state index >= 15 is 0 Å². The average Bonchev–Trinajstić information content (AvgIpc) is 2.82. The second kappa shape index (κ2) is 5.24. The molecular weight excluding hydrogens is 242 g/mol. The predicted molar refractivity (Wildman–Crippen MR) is 73.7 cm³/mol. The van der Waals surface area contributed by atoms with Gasteiger partial charge in [0.15, 0.2) is 0 Å². The number of carbonyl (C=O) groups is 2. The van der Waals surface area contributed by atoms with E-state index in [1.165, 1.54) is 0 Å². The summed E-state index contributed by atoms with van der Waals surface area (Å²) in [6, 6.07) is 7.83. The Labute approximate surface area is 111 Å². The highest BCUT2D eigenvalue weighted by Crippen LogP contribution is 2.21. The number of benzene rings is 1. The van der Waals surface area contributed by atoms with Crippen LogP contribution < -0.4 is 11.1 Å². The molecule has 1 unspecified atom stereocenters. The number of nitrogens with one attached hydrogen (secondary N) is 2. The zero-order valence-corrected chi connectivity index (χ0v) is 10.8. The largest absolute Gasteiger partial charge is 0.361 e. The molecule has 0 radical (unpaired) electrons. The van der Waals surface area contributed by atoms with Gasteiger partial charge in [0.25, 0.3) is 0 Å². The fourth-order valence-electron chi connectivity index (χ4n) is 2.16. The highest BCUT2D eigenvalue weighted by Gasteiger charge is 2.26. The van der Waals surface area contributed by atoms with Crippen molar-refractivity contribution in [2.75, 3.05) is 6.54 Å². The molecule has 100 valence electrons. The Morgan fingerprint density at radius 1 is 1.47 bits per heavy atom. The van der Waals surface area contributed by atoms with Crippen LogP contribution in [0.25, 0.3) is 10.9 Å². The van der Waals surface area contributed by atoms with Gasteiger partial charge >= 0.3 is 0 Å². The first-order chi connectivity index (χ1) is 9.08. The molecule has 1 aromatic heterocycles. The summed E-state index contributed by atoms with van der Waals surface area (Å²) in [5.74, 6) is -0.338. The molecule has 0 saturated heterocycles. The summed E-state index contributed by atoms with van der Waals surface area (Å²) >= 11 is 0. The maximum atomic E-state index is 11.4. The van der Waals surface area contributed by atoms with Gasteiger partial charge in [0.1, 0.15) is 6.29 Å². The quantitative estimate of drug-likeness (QED) is 0.692. The number of nitrogens with two attached hydrogens (primary N) is 1. The summed E-state index contributed by atoms with van der Waals surface area (Å²) in [6.07, 6.45) is 3.04. The minimum absolute atomic E-state index is 0.128. The topological polar surface area (TPSA) is 88.0 Å². The van der Waals surface area contributed by atoms with E-state index in [1.807, 2.05) is 30.5 Å². The van der Waals surface area contributed by atoms with Crippen molar-refractivity contribution in [3.63, 3.8) is 0 Å². The number of para-hydroxylation sites is 1. The molecule has 0 saturated carbocycles. The van der Waals surface area contributed by atoms with Gasteiger partial charge in [-0.3, -0.25) is 4.79 Å². The predicted octanol–water partition coefficient (Wildman–Crippen LogP) is 0.743. The van der Waals surface area contributed by atoms with E-state index in [-0.39, 0.29) is 12.5 Å². The maximum absolute atomic E-state index is 11.4. The molecule has 5 nitrogen and oxygen atoms in total. The van der Waals surface area contributed by atoms with Crippen molar-refractivity contribution in [1.29, 1.82) is 0 Å². The van der Waals surface area contributed by atoms with Gasteiger partial charge in [-0.05, 0) is 18.6 Å². The van der Waals surface area contributed by atoms with Crippen LogP contribution >= 0.6 is 0 Å². The van der Waals surface area contributed by atoms with Crippen molar-refractivity contribution in [2.24, 2.45) is 5.73 Å². The van der Waals surface area contributed by atoms with Crippen molar-refractivity contribution >= 4 is 23.1 Å². The van der Waals surface area contributed by atoms with Gasteiger partial charge in [0.2, 0.25) is 5.91 Å². The van der Waals surface area contributed by atoms with Crippen LogP contribution in [-0.2, 0) is 16.0 Å². The summed E-state index contributed by atoms with van der Waals surface area (Å²) in [7, 11) is 0. The monoisotopic (exact) mass is 259 g/mol. The maximum Gasteiger partial charge on any atom is 0.234 e. The Hall–Kier alpha value is -2.14. The van der Waals surface area contributed by atoms with Crippen LogP contribution in [0, 0.1) is 0 Å². The first-order valence-electron chi connectivity index (χ1n) is 6.10. The van der Waals surface area contributed by atoms with Crippen LogP contribution in [0.15, 0.2) is 30.5 Å². The Balaban J connectivity index is 2.27. The molecule has 1 aromatic carbocycles. The summed E-state index contributed by atoms with van der Waals surface area (Å²) in [4.78, 5) is 25.8. The molecule has 0 aliphatic rings. The minimum Gasteiger partial charge on any atom is -0.361 e. The fourth-order valence-corrected chi connectivity index (χ4v) is 2.16. The SMILES string of the molecule is CC(C=O)(Cc1c[nH]c2ccccc12)NC(=O)CN. The van der Waals surface area contributed by atoms with Crippen molar-refractivity contribution < 1.29 is 9.59 Å². The highest BCUT2D eigenvalue weighted by molar-refractivity contribution is 5.86. The molecule has 0 aliphatic carbocycles. The number of rotatable bonds is 5. The number of amides is 1. The lowest BCUT2D eigenvalue weighted by atomic mass is 9.94. The van der Waals surface area contributed by atoms with Gasteiger partial charge in [0.05, 0.1) is 12.1 Å². The lowest BCUT2D eigenvalue weighted by Gasteiger charge is -2.24. The average molecular weight is 259 g/mol. The zero-order valence-electron chi connectivity index (χ0n) is 10.8. The first-order valence-corrected chi connectivity index (χ1v) is 6.10. The number of H-pyrrole nitrogens is 1. The van der Waals surface area contributed by atoms with E-state index in [1.54, 1.807) is 6.92 Å². The van der Waals surface area contributed by atoms with Gasteiger partial charge in [-0.15, -0.1) is 0 Å². The third-order valence-electron chi connectivity index (χ3n) is 3.10. The third-order valence-corrected chi connectivity index (χ3v) is 3.10. The van der Waals surface area contributed by atoms with E-state index in [0.717, 1.165) is 22.8 Å². The van der Waals surface area contributed by atoms with Crippen LogP contribution in [0.1, 0.15) is 12.5 Å². The van der Waals surface area contributed by atoms with Crippen LogP contribution in [0.2, 0.25) is 0 Å². The van der Waals surface area contributed by atoms with Crippen LogP contribution in [-0.4, -0.2) is 29.3 Å². The second-order valence-corrected chi connectivity index (χ2v) is 4.82. The molecule has 0 aliphatic heterocycles. The molecule has 4 N–H and O–H groups in total. The summed E-state index contributed by atoms with van der Waals surface area (Å²) in [6.45, 7) is 1.56. The Bertz CT molecular complexity index is 606. The van der Waals surface area contributed by atoms with Crippen LogP contribution in [0.4, 0.5) is 0 Å². The van der Waals surface area contributed by atoms with Gasteiger partial charge in [-0.25, -0.2) is 0 Å². The standard InChI is InChI=1S/C14H17N3O2/c1-14(9-18,17-13(19)7-15)6-10-8-16-12-5-3-2-4-11(10)12/h2-5,8-9,16H,6-7,15H2,1H3,(H,17,19). The summed E-state index contributed by atoms with van der Waals surface area (Å²) < 4.78 is 0. The third kappa shape index (κ3) is 2.82. The molecular formula is C14H17N3O2. The van der Waals surface area contributed by atoms with E-state index in [0.29, 0.717) is 6.42 Å². The van der Waals surface area contributed by atoms with Gasteiger partial charge in [0, 0.05) is 23.5 Å². The van der Waals surface area contributed by atoms with Gasteiger partial charge in [-0.1, -0.05) is 18.2 Å². The smallest absolute Gasteiger partial charge is 0.234 e. The lowest BCUT2D eigenvalue weighted by molar-refractivity contribution is -0.125. The number of hydrogen-bond acceptors (Lipinski definition) is 3. The number of aromatic amines is 1. The molecule has 1 heterocycles. The zero-order chi connectivity index (χ0) is 13.9. The summed E-state index contributed by atoms with van der Waals surface area (Å²) in [5, 5.41) is 3.70. The van der Waals surface area contributed by atoms with E-state index < -0.39 is 5.54 Å². The van der Waals surface area contributed by atoms with E-state index in [9.17, 15) is 9.59 Å². The fraction of sp³-hybridized carbons (Fsp3) is 0.286. The Kier molecular flexibility index (Phi) is 3.66. The van der Waals surface area contributed by atoms with Crippen LogP contribution in [0.3, 0.4) is 0 Å². The Morgan fingerprint density at radius 3 is 2.89 bits per heavy atom. The normalized spacial score (nSPS) is 14.0. The molecule has 0 bridgehead atoms. The van der Waals surface area contributed by atoms with Gasteiger partial charge < -0.3 is 20.8 Å².